The van der Waals surface area contributed by atoms with Crippen LogP contribution in [-0.2, 0) is 10.0 Å². The molecule has 30 heavy (non-hydrogen) atoms. The molecule has 0 fully saturated rings. The maximum atomic E-state index is 12.8. The van der Waals surface area contributed by atoms with Gasteiger partial charge in [-0.3, -0.25) is 9.52 Å². The highest BCUT2D eigenvalue weighted by atomic mass is 32.2. The molecule has 6 nitrogen and oxygen atoms in total. The van der Waals surface area contributed by atoms with E-state index in [0.717, 1.165) is 22.3 Å². The average Bonchev–Trinajstić information content (AvgIpc) is 2.71. The van der Waals surface area contributed by atoms with Gasteiger partial charge in [-0.1, -0.05) is 53.6 Å². The molecule has 2 N–H and O–H groups in total. The summed E-state index contributed by atoms with van der Waals surface area (Å²) in [6, 6.07) is 18.9. The molecule has 0 unspecified atom stereocenters. The van der Waals surface area contributed by atoms with Crippen LogP contribution in [0.4, 0.5) is 5.69 Å². The Labute approximate surface area is 176 Å². The summed E-state index contributed by atoms with van der Waals surface area (Å²) < 4.78 is 28.1. The molecule has 3 rings (SSSR count). The fraction of sp³-hybridized carbons (Fsp3) is 0.130. The van der Waals surface area contributed by atoms with E-state index in [2.05, 4.69) is 15.2 Å². The number of sulfonamides is 1. The standard InChI is InChI=1S/C23H23N3O3S/c1-16-7-10-19(11-8-16)15-24-25-23(27)20-5-4-6-21(14-20)30(28,29)26-22-12-9-17(2)13-18(22)3/h4-15,26H,1-3H3,(H,25,27)/b24-15+. The second-order valence-corrected chi connectivity index (χ2v) is 8.74. The van der Waals surface area contributed by atoms with Gasteiger partial charge in [-0.05, 0) is 56.2 Å². The maximum absolute atomic E-state index is 12.8. The lowest BCUT2D eigenvalue weighted by molar-refractivity contribution is 0.0955. The third-order valence-electron chi connectivity index (χ3n) is 4.49. The van der Waals surface area contributed by atoms with Crippen molar-refractivity contribution in [3.63, 3.8) is 0 Å². The van der Waals surface area contributed by atoms with Gasteiger partial charge in [0.1, 0.15) is 0 Å². The summed E-state index contributed by atoms with van der Waals surface area (Å²) in [4.78, 5) is 12.4. The minimum atomic E-state index is -3.84. The van der Waals surface area contributed by atoms with E-state index in [-0.39, 0.29) is 10.5 Å². The molecule has 7 heteroatoms. The molecule has 0 aromatic heterocycles. The number of hydrogen-bond donors (Lipinski definition) is 2. The van der Waals surface area contributed by atoms with E-state index in [9.17, 15) is 13.2 Å². The number of carbonyl (C=O) groups is 1. The summed E-state index contributed by atoms with van der Waals surface area (Å²) in [7, 11) is -3.84. The van der Waals surface area contributed by atoms with Crippen LogP contribution in [0.5, 0.6) is 0 Å². The fourth-order valence-corrected chi connectivity index (χ4v) is 4.00. The number of rotatable bonds is 6. The SMILES string of the molecule is Cc1ccc(/C=N/NC(=O)c2cccc(S(=O)(=O)Nc3ccc(C)cc3C)c2)cc1. The highest BCUT2D eigenvalue weighted by Gasteiger charge is 2.17. The molecule has 0 heterocycles. The van der Waals surface area contributed by atoms with E-state index in [1.54, 1.807) is 6.07 Å². The topological polar surface area (TPSA) is 87.6 Å². The molecule has 0 aliphatic rings. The third-order valence-corrected chi connectivity index (χ3v) is 5.85. The Bertz CT molecular complexity index is 1200. The fourth-order valence-electron chi connectivity index (χ4n) is 2.82. The van der Waals surface area contributed by atoms with E-state index < -0.39 is 15.9 Å². The molecule has 3 aromatic rings. The molecule has 0 saturated carbocycles. The van der Waals surface area contributed by atoms with Gasteiger partial charge < -0.3 is 0 Å². The number of amides is 1. The van der Waals surface area contributed by atoms with Crippen molar-refractivity contribution in [1.29, 1.82) is 0 Å². The van der Waals surface area contributed by atoms with Crippen molar-refractivity contribution < 1.29 is 13.2 Å². The number of nitrogens with zero attached hydrogens (tertiary/aromatic N) is 1. The molecular formula is C23H23N3O3S. The average molecular weight is 422 g/mol. The first kappa shape index (κ1) is 21.3. The van der Waals surface area contributed by atoms with Gasteiger partial charge in [-0.25, -0.2) is 13.8 Å². The number of benzene rings is 3. The van der Waals surface area contributed by atoms with Crippen molar-refractivity contribution >= 4 is 27.8 Å². The van der Waals surface area contributed by atoms with Crippen LogP contribution >= 0.6 is 0 Å². The van der Waals surface area contributed by atoms with Crippen LogP contribution in [0.15, 0.2) is 76.7 Å². The molecule has 0 bridgehead atoms. The van der Waals surface area contributed by atoms with Crippen LogP contribution < -0.4 is 10.1 Å². The number of hydrogen-bond acceptors (Lipinski definition) is 4. The second-order valence-electron chi connectivity index (χ2n) is 7.06. The van der Waals surface area contributed by atoms with Crippen molar-refractivity contribution in [3.8, 4) is 0 Å². The number of aryl methyl sites for hydroxylation is 3. The first-order chi connectivity index (χ1) is 14.2. The molecule has 0 aliphatic heterocycles. The molecule has 0 spiro atoms. The van der Waals surface area contributed by atoms with E-state index in [1.807, 2.05) is 57.2 Å². The minimum Gasteiger partial charge on any atom is -0.279 e. The predicted octanol–water partition coefficient (Wildman–Crippen LogP) is 4.18. The monoisotopic (exact) mass is 421 g/mol. The Kier molecular flexibility index (Phi) is 6.32. The first-order valence-electron chi connectivity index (χ1n) is 9.35. The third kappa shape index (κ3) is 5.33. The molecule has 154 valence electrons. The van der Waals surface area contributed by atoms with Gasteiger partial charge in [0.2, 0.25) is 0 Å². The van der Waals surface area contributed by atoms with Gasteiger partial charge >= 0.3 is 0 Å². The van der Waals surface area contributed by atoms with Crippen molar-refractivity contribution in [2.45, 2.75) is 25.7 Å². The smallest absolute Gasteiger partial charge is 0.271 e. The van der Waals surface area contributed by atoms with Gasteiger partial charge in [0.05, 0.1) is 16.8 Å². The quantitative estimate of drug-likeness (QED) is 0.462. The summed E-state index contributed by atoms with van der Waals surface area (Å²) >= 11 is 0. The van der Waals surface area contributed by atoms with Crippen LogP contribution in [0.25, 0.3) is 0 Å². The van der Waals surface area contributed by atoms with Gasteiger partial charge in [0.25, 0.3) is 15.9 Å². The highest BCUT2D eigenvalue weighted by molar-refractivity contribution is 7.92. The van der Waals surface area contributed by atoms with Crippen LogP contribution in [-0.4, -0.2) is 20.5 Å². The van der Waals surface area contributed by atoms with Crippen molar-refractivity contribution in [1.82, 2.24) is 5.43 Å². The summed E-state index contributed by atoms with van der Waals surface area (Å²) in [5, 5.41) is 3.94. The Balaban J connectivity index is 1.74. The zero-order chi connectivity index (χ0) is 21.7. The van der Waals surface area contributed by atoms with Crippen LogP contribution in [0, 0.1) is 20.8 Å². The van der Waals surface area contributed by atoms with Gasteiger partial charge in [-0.2, -0.15) is 5.10 Å². The Morgan fingerprint density at radius 3 is 2.30 bits per heavy atom. The van der Waals surface area contributed by atoms with Crippen LogP contribution in [0.2, 0.25) is 0 Å². The van der Waals surface area contributed by atoms with E-state index >= 15 is 0 Å². The first-order valence-corrected chi connectivity index (χ1v) is 10.8. The zero-order valence-electron chi connectivity index (χ0n) is 17.0. The predicted molar refractivity (Wildman–Crippen MR) is 119 cm³/mol. The Morgan fingerprint density at radius 2 is 1.60 bits per heavy atom. The Morgan fingerprint density at radius 1 is 0.900 bits per heavy atom. The van der Waals surface area contributed by atoms with Crippen molar-refractivity contribution in [3.05, 3.63) is 94.5 Å². The zero-order valence-corrected chi connectivity index (χ0v) is 17.8. The van der Waals surface area contributed by atoms with E-state index in [1.165, 1.54) is 30.5 Å². The molecular weight excluding hydrogens is 398 g/mol. The normalized spacial score (nSPS) is 11.4. The Hall–Kier alpha value is -3.45. The molecule has 0 radical (unpaired) electrons. The molecule has 0 aliphatic carbocycles. The summed E-state index contributed by atoms with van der Waals surface area (Å²) in [5.74, 6) is -0.498. The lowest BCUT2D eigenvalue weighted by atomic mass is 10.1. The molecule has 0 atom stereocenters. The minimum absolute atomic E-state index is 0.00219. The lowest BCUT2D eigenvalue weighted by Gasteiger charge is -2.12. The van der Waals surface area contributed by atoms with Crippen LogP contribution in [0.1, 0.15) is 32.6 Å². The van der Waals surface area contributed by atoms with Gasteiger partial charge in [0.15, 0.2) is 0 Å². The van der Waals surface area contributed by atoms with Gasteiger partial charge in [0, 0.05) is 5.56 Å². The largest absolute Gasteiger partial charge is 0.279 e. The van der Waals surface area contributed by atoms with E-state index in [0.29, 0.717) is 5.69 Å². The highest BCUT2D eigenvalue weighted by Crippen LogP contribution is 2.21. The summed E-state index contributed by atoms with van der Waals surface area (Å²) in [6.07, 6.45) is 1.53. The molecule has 1 amide bonds. The van der Waals surface area contributed by atoms with Crippen molar-refractivity contribution in [2.24, 2.45) is 5.10 Å². The molecule has 0 saturated heterocycles. The summed E-state index contributed by atoms with van der Waals surface area (Å²) in [5.41, 5.74) is 6.94. The summed E-state index contributed by atoms with van der Waals surface area (Å²) in [6.45, 7) is 5.76. The molecule has 3 aromatic carbocycles. The number of carbonyl (C=O) groups excluding carboxylic acids is 1. The lowest BCUT2D eigenvalue weighted by Crippen LogP contribution is -2.19. The number of nitrogens with one attached hydrogen (secondary N) is 2. The van der Waals surface area contributed by atoms with Gasteiger partial charge in [-0.15, -0.1) is 0 Å². The maximum Gasteiger partial charge on any atom is 0.271 e. The number of hydrazone groups is 1. The van der Waals surface area contributed by atoms with Crippen molar-refractivity contribution in [2.75, 3.05) is 4.72 Å². The number of anilines is 1. The van der Waals surface area contributed by atoms with E-state index in [4.69, 9.17) is 0 Å². The van der Waals surface area contributed by atoms with Crippen LogP contribution in [0.3, 0.4) is 0 Å². The second kappa shape index (κ2) is 8.92.